The predicted molar refractivity (Wildman–Crippen MR) is 118 cm³/mol. The van der Waals surface area contributed by atoms with Crippen LogP contribution in [-0.4, -0.2) is 68.3 Å². The SMILES string of the molecule is C[N+](C)(CCCCS(=O)(=O)c1ccccc1)CCNC(=O)c1nc(Cl)c(N)nc1N. The van der Waals surface area contributed by atoms with E-state index in [1.165, 1.54) is 0 Å². The summed E-state index contributed by atoms with van der Waals surface area (Å²) < 4.78 is 25.3. The third-order valence-corrected chi connectivity index (χ3v) is 6.75. The number of nitrogens with two attached hydrogens (primary N) is 2. The van der Waals surface area contributed by atoms with Gasteiger partial charge in [0.15, 0.2) is 32.3 Å². The number of hydrogen-bond donors (Lipinski definition) is 3. The Labute approximate surface area is 182 Å². The Balaban J connectivity index is 1.76. The van der Waals surface area contributed by atoms with Crippen LogP contribution in [0.3, 0.4) is 0 Å². The smallest absolute Gasteiger partial charge is 0.273 e. The van der Waals surface area contributed by atoms with Crippen LogP contribution in [0, 0.1) is 0 Å². The number of carbonyl (C=O) groups excluding carboxylic acids is 1. The zero-order valence-corrected chi connectivity index (χ0v) is 18.7. The van der Waals surface area contributed by atoms with Gasteiger partial charge in [0.1, 0.15) is 0 Å². The van der Waals surface area contributed by atoms with Gasteiger partial charge in [-0.3, -0.25) is 4.79 Å². The molecule has 0 saturated carbocycles. The normalized spacial score (nSPS) is 12.0. The molecule has 2 aromatic rings. The lowest BCUT2D eigenvalue weighted by Gasteiger charge is -2.30. The number of nitrogens with one attached hydrogen (secondary N) is 1. The fourth-order valence-corrected chi connectivity index (χ4v) is 4.37. The molecule has 0 saturated heterocycles. The fourth-order valence-electron chi connectivity index (χ4n) is 2.85. The van der Waals surface area contributed by atoms with E-state index in [1.54, 1.807) is 30.3 Å². The van der Waals surface area contributed by atoms with Crippen molar-refractivity contribution in [2.45, 2.75) is 17.7 Å². The Morgan fingerprint density at radius 2 is 1.73 bits per heavy atom. The number of nitrogen functional groups attached to an aromatic ring is 2. The maximum Gasteiger partial charge on any atom is 0.273 e. The highest BCUT2D eigenvalue weighted by molar-refractivity contribution is 7.91. The van der Waals surface area contributed by atoms with Gasteiger partial charge in [-0.25, -0.2) is 18.4 Å². The minimum absolute atomic E-state index is 0.0298. The summed E-state index contributed by atoms with van der Waals surface area (Å²) in [5.74, 6) is -0.472. The van der Waals surface area contributed by atoms with Crippen LogP contribution >= 0.6 is 11.6 Å². The molecule has 1 amide bonds. The minimum atomic E-state index is -3.26. The standard InChI is InChI=1S/C19H27ClN6O3S/c1-26(2,11-6-7-13-30(28,29)14-8-4-3-5-9-14)12-10-23-19(27)15-17(21)25-18(22)16(20)24-15/h3-5,8-9H,6-7,10-13H2,1-2H3,(H4-,21,22,23,25,27)/p+1. The van der Waals surface area contributed by atoms with E-state index in [4.69, 9.17) is 23.1 Å². The van der Waals surface area contributed by atoms with Gasteiger partial charge >= 0.3 is 0 Å². The van der Waals surface area contributed by atoms with Gasteiger partial charge in [0.05, 0.1) is 44.4 Å². The number of aromatic nitrogens is 2. The average Bonchev–Trinajstić information content (AvgIpc) is 2.68. The number of sulfone groups is 1. The van der Waals surface area contributed by atoms with Crippen LogP contribution in [-0.2, 0) is 9.84 Å². The first-order chi connectivity index (χ1) is 14.0. The summed E-state index contributed by atoms with van der Waals surface area (Å²) in [5, 5.41) is 2.67. The molecule has 11 heteroatoms. The molecule has 0 fully saturated rings. The van der Waals surface area contributed by atoms with Gasteiger partial charge < -0.3 is 21.3 Å². The first kappa shape index (κ1) is 23.8. The van der Waals surface area contributed by atoms with Gasteiger partial charge in [-0.2, -0.15) is 0 Å². The van der Waals surface area contributed by atoms with Crippen molar-refractivity contribution in [3.8, 4) is 0 Å². The third kappa shape index (κ3) is 6.82. The van der Waals surface area contributed by atoms with Gasteiger partial charge in [0.25, 0.3) is 5.91 Å². The molecule has 164 valence electrons. The predicted octanol–water partition coefficient (Wildman–Crippen LogP) is 1.35. The highest BCUT2D eigenvalue weighted by atomic mass is 35.5. The summed E-state index contributed by atoms with van der Waals surface area (Å²) >= 11 is 5.80. The molecule has 1 aromatic heterocycles. The lowest BCUT2D eigenvalue weighted by molar-refractivity contribution is -0.889. The van der Waals surface area contributed by atoms with E-state index in [0.29, 0.717) is 28.9 Å². The van der Waals surface area contributed by atoms with Crippen molar-refractivity contribution < 1.29 is 17.7 Å². The lowest BCUT2D eigenvalue weighted by Crippen LogP contribution is -2.46. The molecule has 0 spiro atoms. The highest BCUT2D eigenvalue weighted by Gasteiger charge is 2.19. The molecule has 5 N–H and O–H groups in total. The number of amides is 1. The molecule has 0 aliphatic heterocycles. The molecule has 0 aliphatic carbocycles. The largest absolute Gasteiger partial charge is 0.382 e. The summed E-state index contributed by atoms with van der Waals surface area (Å²) in [6, 6.07) is 8.46. The molecule has 0 atom stereocenters. The van der Waals surface area contributed by atoms with E-state index in [9.17, 15) is 13.2 Å². The lowest BCUT2D eigenvalue weighted by atomic mass is 10.3. The monoisotopic (exact) mass is 455 g/mol. The number of hydrogen-bond acceptors (Lipinski definition) is 7. The van der Waals surface area contributed by atoms with E-state index in [-0.39, 0.29) is 28.2 Å². The fraction of sp³-hybridized carbons (Fsp3) is 0.421. The van der Waals surface area contributed by atoms with Crippen molar-refractivity contribution in [1.29, 1.82) is 0 Å². The maximum atomic E-state index is 12.3. The van der Waals surface area contributed by atoms with Crippen LogP contribution in [0.5, 0.6) is 0 Å². The van der Waals surface area contributed by atoms with Gasteiger partial charge in [-0.1, -0.05) is 29.8 Å². The number of halogens is 1. The molecular formula is C19H28ClN6O3S+. The van der Waals surface area contributed by atoms with Crippen LogP contribution in [0.25, 0.3) is 0 Å². The number of nitrogens with zero attached hydrogens (tertiary/aromatic N) is 3. The molecule has 0 unspecified atom stereocenters. The third-order valence-electron chi connectivity index (χ3n) is 4.65. The first-order valence-corrected chi connectivity index (χ1v) is 11.5. The van der Waals surface area contributed by atoms with E-state index in [2.05, 4.69) is 15.3 Å². The zero-order valence-electron chi connectivity index (χ0n) is 17.1. The Kier molecular flexibility index (Phi) is 7.99. The first-order valence-electron chi connectivity index (χ1n) is 9.48. The number of unbranched alkanes of at least 4 members (excludes halogenated alkanes) is 1. The molecular weight excluding hydrogens is 428 g/mol. The van der Waals surface area contributed by atoms with Crippen molar-refractivity contribution in [3.63, 3.8) is 0 Å². The second-order valence-corrected chi connectivity index (χ2v) is 10.1. The van der Waals surface area contributed by atoms with Gasteiger partial charge in [0, 0.05) is 0 Å². The summed E-state index contributed by atoms with van der Waals surface area (Å²) in [4.78, 5) is 20.3. The van der Waals surface area contributed by atoms with Crippen molar-refractivity contribution >= 4 is 39.0 Å². The van der Waals surface area contributed by atoms with Crippen LogP contribution in [0.1, 0.15) is 23.3 Å². The Hall–Kier alpha value is -2.43. The van der Waals surface area contributed by atoms with Crippen molar-refractivity contribution in [3.05, 3.63) is 41.2 Å². The summed E-state index contributed by atoms with van der Waals surface area (Å²) in [6.07, 6.45) is 1.32. The second kappa shape index (κ2) is 10.1. The summed E-state index contributed by atoms with van der Waals surface area (Å²) in [7, 11) is 0.784. The summed E-state index contributed by atoms with van der Waals surface area (Å²) in [5.41, 5.74) is 11.1. The molecule has 0 radical (unpaired) electrons. The number of benzene rings is 1. The van der Waals surface area contributed by atoms with Crippen LogP contribution in [0.15, 0.2) is 35.2 Å². The van der Waals surface area contributed by atoms with Crippen LogP contribution in [0.4, 0.5) is 11.6 Å². The van der Waals surface area contributed by atoms with Crippen molar-refractivity contribution in [2.75, 3.05) is 50.9 Å². The zero-order chi connectivity index (χ0) is 22.4. The quantitative estimate of drug-likeness (QED) is 0.362. The van der Waals surface area contributed by atoms with Gasteiger partial charge in [-0.15, -0.1) is 0 Å². The maximum absolute atomic E-state index is 12.3. The van der Waals surface area contributed by atoms with E-state index in [0.717, 1.165) is 13.0 Å². The Bertz CT molecular complexity index is 983. The van der Waals surface area contributed by atoms with Crippen LogP contribution < -0.4 is 16.8 Å². The van der Waals surface area contributed by atoms with Crippen molar-refractivity contribution in [1.82, 2.24) is 15.3 Å². The Morgan fingerprint density at radius 3 is 2.40 bits per heavy atom. The van der Waals surface area contributed by atoms with Gasteiger partial charge in [-0.05, 0) is 25.0 Å². The average molecular weight is 456 g/mol. The second-order valence-electron chi connectivity index (χ2n) is 7.61. The highest BCUT2D eigenvalue weighted by Crippen LogP contribution is 2.17. The topological polar surface area (TPSA) is 141 Å². The van der Waals surface area contributed by atoms with Crippen LogP contribution in [0.2, 0.25) is 5.15 Å². The van der Waals surface area contributed by atoms with Crippen molar-refractivity contribution in [2.24, 2.45) is 0 Å². The molecule has 1 aromatic carbocycles. The molecule has 2 rings (SSSR count). The molecule has 30 heavy (non-hydrogen) atoms. The molecule has 0 aliphatic rings. The number of rotatable bonds is 10. The molecule has 0 bridgehead atoms. The minimum Gasteiger partial charge on any atom is -0.382 e. The number of anilines is 2. The molecule has 9 nitrogen and oxygen atoms in total. The number of carbonyl (C=O) groups is 1. The molecule has 1 heterocycles. The van der Waals surface area contributed by atoms with E-state index in [1.807, 2.05) is 14.1 Å². The summed E-state index contributed by atoms with van der Waals surface area (Å²) in [6.45, 7) is 1.81. The Morgan fingerprint density at radius 1 is 1.07 bits per heavy atom. The number of quaternary nitrogens is 1. The van der Waals surface area contributed by atoms with Gasteiger partial charge in [0.2, 0.25) is 0 Å². The number of likely N-dealkylation sites (N-methyl/N-ethyl adjacent to an activating group) is 1. The van der Waals surface area contributed by atoms with E-state index >= 15 is 0 Å². The van der Waals surface area contributed by atoms with E-state index < -0.39 is 15.7 Å².